The number of nitrogens with zero attached hydrogens (tertiary/aromatic N) is 5. The minimum atomic E-state index is 0.487. The van der Waals surface area contributed by atoms with Gasteiger partial charge in [-0.2, -0.15) is 10.4 Å². The second kappa shape index (κ2) is 4.48. The molecule has 15 heavy (non-hydrogen) atoms. The molecule has 2 heterocycles. The van der Waals surface area contributed by atoms with Gasteiger partial charge in [0, 0.05) is 12.4 Å². The van der Waals surface area contributed by atoms with E-state index in [0.29, 0.717) is 15.6 Å². The Labute approximate surface area is 90.2 Å². The molecule has 2 aromatic heterocycles. The largest absolute Gasteiger partial charge is 0.260 e. The first-order valence-corrected chi connectivity index (χ1v) is 4.87. The van der Waals surface area contributed by atoms with Crippen molar-refractivity contribution in [1.29, 1.82) is 5.26 Å². The molecule has 0 unspecified atom stereocenters. The van der Waals surface area contributed by atoms with E-state index in [0.717, 1.165) is 0 Å². The van der Waals surface area contributed by atoms with Crippen LogP contribution in [-0.2, 0) is 0 Å². The van der Waals surface area contributed by atoms with Crippen LogP contribution in [0.15, 0.2) is 40.9 Å². The van der Waals surface area contributed by atoms with Crippen molar-refractivity contribution in [3.63, 3.8) is 0 Å². The first-order valence-electron chi connectivity index (χ1n) is 4.06. The Morgan fingerprint density at radius 2 is 2.20 bits per heavy atom. The van der Waals surface area contributed by atoms with Crippen LogP contribution >= 0.6 is 11.8 Å². The maximum atomic E-state index is 8.83. The van der Waals surface area contributed by atoms with Crippen molar-refractivity contribution in [3.8, 4) is 6.07 Å². The van der Waals surface area contributed by atoms with E-state index in [4.69, 9.17) is 5.26 Å². The molecule has 0 saturated carbocycles. The van der Waals surface area contributed by atoms with Crippen molar-refractivity contribution in [2.75, 3.05) is 0 Å². The fourth-order valence-electron chi connectivity index (χ4n) is 0.916. The number of hydrogen-bond acceptors (Lipinski definition) is 6. The molecule has 0 saturated heterocycles. The van der Waals surface area contributed by atoms with Gasteiger partial charge in [-0.1, -0.05) is 0 Å². The lowest BCUT2D eigenvalue weighted by Crippen LogP contribution is -1.90. The third-order valence-electron chi connectivity index (χ3n) is 1.55. The van der Waals surface area contributed by atoms with Gasteiger partial charge in [0.1, 0.15) is 16.1 Å². The Morgan fingerprint density at radius 1 is 1.27 bits per heavy atom. The highest BCUT2D eigenvalue weighted by Crippen LogP contribution is 2.24. The first-order chi connectivity index (χ1) is 7.40. The molecule has 0 spiro atoms. The van der Waals surface area contributed by atoms with Crippen LogP contribution < -0.4 is 0 Å². The molecular weight excluding hydrogens is 210 g/mol. The van der Waals surface area contributed by atoms with E-state index in [1.165, 1.54) is 18.0 Å². The predicted molar refractivity (Wildman–Crippen MR) is 52.9 cm³/mol. The zero-order valence-electron chi connectivity index (χ0n) is 7.53. The van der Waals surface area contributed by atoms with Gasteiger partial charge in [0.05, 0.1) is 18.0 Å². The van der Waals surface area contributed by atoms with Crippen LogP contribution in [0.3, 0.4) is 0 Å². The monoisotopic (exact) mass is 215 g/mol. The third kappa shape index (κ3) is 2.27. The quantitative estimate of drug-likeness (QED) is 0.751. The Bertz CT molecular complexity index is 493. The fraction of sp³-hybridized carbons (Fsp3) is 0. The number of rotatable bonds is 2. The van der Waals surface area contributed by atoms with Crippen molar-refractivity contribution < 1.29 is 0 Å². The van der Waals surface area contributed by atoms with E-state index >= 15 is 0 Å². The predicted octanol–water partition coefficient (Wildman–Crippen LogP) is 1.29. The lowest BCUT2D eigenvalue weighted by molar-refractivity contribution is 0.915. The average molecular weight is 215 g/mol. The molecule has 0 aliphatic heterocycles. The topological polar surface area (TPSA) is 75.3 Å². The van der Waals surface area contributed by atoms with Gasteiger partial charge in [-0.3, -0.25) is 4.98 Å². The second-order valence-corrected chi connectivity index (χ2v) is 3.52. The summed E-state index contributed by atoms with van der Waals surface area (Å²) in [4.78, 5) is 7.99. The summed E-state index contributed by atoms with van der Waals surface area (Å²) in [5, 5.41) is 17.6. The third-order valence-corrected chi connectivity index (χ3v) is 2.46. The number of hydrogen-bond donors (Lipinski definition) is 0. The average Bonchev–Trinajstić information content (AvgIpc) is 2.31. The summed E-state index contributed by atoms with van der Waals surface area (Å²) in [6.07, 6.45) is 6.27. The van der Waals surface area contributed by atoms with Gasteiger partial charge in [-0.15, -0.1) is 5.10 Å². The summed E-state index contributed by atoms with van der Waals surface area (Å²) >= 11 is 1.27. The van der Waals surface area contributed by atoms with Crippen molar-refractivity contribution in [2.24, 2.45) is 0 Å². The Hall–Kier alpha value is -2.00. The summed E-state index contributed by atoms with van der Waals surface area (Å²) in [5.41, 5.74) is 0.487. The van der Waals surface area contributed by atoms with Gasteiger partial charge in [0.25, 0.3) is 0 Å². The lowest BCUT2D eigenvalue weighted by Gasteiger charge is -1.98. The van der Waals surface area contributed by atoms with Gasteiger partial charge >= 0.3 is 0 Å². The highest BCUT2D eigenvalue weighted by atomic mass is 32.2. The Balaban J connectivity index is 2.29. The maximum Gasteiger partial charge on any atom is 0.143 e. The van der Waals surface area contributed by atoms with E-state index < -0.39 is 0 Å². The summed E-state index contributed by atoms with van der Waals surface area (Å²) in [6.45, 7) is 0. The summed E-state index contributed by atoms with van der Waals surface area (Å²) in [7, 11) is 0. The molecular formula is C9H5N5S. The van der Waals surface area contributed by atoms with Gasteiger partial charge in [-0.05, 0) is 17.8 Å². The highest BCUT2D eigenvalue weighted by molar-refractivity contribution is 7.99. The van der Waals surface area contributed by atoms with Crippen molar-refractivity contribution in [1.82, 2.24) is 20.2 Å². The van der Waals surface area contributed by atoms with Crippen LogP contribution in [0.2, 0.25) is 0 Å². The van der Waals surface area contributed by atoms with Crippen molar-refractivity contribution in [2.45, 2.75) is 10.1 Å². The highest BCUT2D eigenvalue weighted by Gasteiger charge is 2.06. The molecule has 0 amide bonds. The molecule has 2 rings (SSSR count). The van der Waals surface area contributed by atoms with Gasteiger partial charge < -0.3 is 0 Å². The van der Waals surface area contributed by atoms with E-state index in [1.54, 1.807) is 24.7 Å². The van der Waals surface area contributed by atoms with E-state index in [2.05, 4.69) is 20.2 Å². The summed E-state index contributed by atoms with van der Waals surface area (Å²) in [5.74, 6) is 0. The number of nitriles is 1. The van der Waals surface area contributed by atoms with Crippen LogP contribution in [0, 0.1) is 11.3 Å². The normalized spacial score (nSPS) is 9.53. The molecule has 0 atom stereocenters. The first kappa shape index (κ1) is 9.55. The minimum absolute atomic E-state index is 0.487. The minimum Gasteiger partial charge on any atom is -0.260 e. The molecule has 5 nitrogen and oxygen atoms in total. The van der Waals surface area contributed by atoms with E-state index in [-0.39, 0.29) is 0 Å². The molecule has 0 aliphatic carbocycles. The van der Waals surface area contributed by atoms with Gasteiger partial charge in [0.2, 0.25) is 0 Å². The molecule has 72 valence electrons. The van der Waals surface area contributed by atoms with E-state index in [9.17, 15) is 0 Å². The molecule has 0 fully saturated rings. The van der Waals surface area contributed by atoms with Crippen LogP contribution in [-0.4, -0.2) is 20.2 Å². The molecule has 0 aromatic carbocycles. The van der Waals surface area contributed by atoms with Crippen molar-refractivity contribution in [3.05, 3.63) is 36.4 Å². The Kier molecular flexibility index (Phi) is 2.85. The lowest BCUT2D eigenvalue weighted by atomic mass is 10.3. The molecule has 0 N–H and O–H groups in total. The zero-order chi connectivity index (χ0) is 10.5. The standard InChI is InChI=1S/C9H5N5S/c10-5-7-1-2-13-14-9(7)15-8-6-11-3-4-12-8/h1-4,6H. The van der Waals surface area contributed by atoms with Gasteiger partial charge in [-0.25, -0.2) is 4.98 Å². The second-order valence-electron chi connectivity index (χ2n) is 2.51. The molecule has 6 heteroatoms. The number of aromatic nitrogens is 4. The maximum absolute atomic E-state index is 8.83. The van der Waals surface area contributed by atoms with Gasteiger partial charge in [0.15, 0.2) is 0 Å². The summed E-state index contributed by atoms with van der Waals surface area (Å²) in [6, 6.07) is 3.66. The summed E-state index contributed by atoms with van der Waals surface area (Å²) < 4.78 is 0. The fourth-order valence-corrected chi connectivity index (χ4v) is 1.65. The zero-order valence-corrected chi connectivity index (χ0v) is 8.35. The smallest absolute Gasteiger partial charge is 0.143 e. The van der Waals surface area contributed by atoms with E-state index in [1.807, 2.05) is 6.07 Å². The molecule has 0 aliphatic rings. The SMILES string of the molecule is N#Cc1ccnnc1Sc1cnccn1. The van der Waals surface area contributed by atoms with Crippen molar-refractivity contribution >= 4 is 11.8 Å². The van der Waals surface area contributed by atoms with Crippen LogP contribution in [0.4, 0.5) is 0 Å². The van der Waals surface area contributed by atoms with Crippen LogP contribution in [0.1, 0.15) is 5.56 Å². The van der Waals surface area contributed by atoms with Crippen LogP contribution in [0.25, 0.3) is 0 Å². The van der Waals surface area contributed by atoms with Crippen LogP contribution in [0.5, 0.6) is 0 Å². The molecule has 0 bridgehead atoms. The Morgan fingerprint density at radius 3 is 2.93 bits per heavy atom. The molecule has 2 aromatic rings. The molecule has 0 radical (unpaired) electrons.